The fraction of sp³-hybridized carbons (Fsp3) is 0.300. The minimum Gasteiger partial charge on any atom is -0.355 e. The van der Waals surface area contributed by atoms with Gasteiger partial charge in [0.2, 0.25) is 5.91 Å². The van der Waals surface area contributed by atoms with Gasteiger partial charge in [-0.2, -0.15) is 0 Å². The molecule has 2 nitrogen and oxygen atoms in total. The maximum atomic E-state index is 11.0. The van der Waals surface area contributed by atoms with Gasteiger partial charge in [0, 0.05) is 22.5 Å². The highest BCUT2D eigenvalue weighted by Gasteiger charge is 2.23. The molecule has 1 atom stereocenters. The van der Waals surface area contributed by atoms with Crippen molar-refractivity contribution in [3.8, 4) is 0 Å². The quantitative estimate of drug-likeness (QED) is 0.791. The van der Waals surface area contributed by atoms with Crippen molar-refractivity contribution in [2.45, 2.75) is 12.3 Å². The van der Waals surface area contributed by atoms with Gasteiger partial charge in [-0.3, -0.25) is 4.79 Å². The zero-order valence-corrected chi connectivity index (χ0v) is 10.3. The molecular weight excluding hydrogens is 312 g/mol. The molecule has 14 heavy (non-hydrogen) atoms. The lowest BCUT2D eigenvalue weighted by atomic mass is 9.99. The maximum Gasteiger partial charge on any atom is 0.220 e. The van der Waals surface area contributed by atoms with Crippen LogP contribution in [0.25, 0.3) is 0 Å². The molecule has 0 aromatic heterocycles. The number of rotatable bonds is 1. The van der Waals surface area contributed by atoms with Crippen molar-refractivity contribution in [3.05, 3.63) is 32.4 Å². The molecule has 1 aliphatic rings. The number of hydrogen-bond donors (Lipinski definition) is 1. The van der Waals surface area contributed by atoms with Crippen LogP contribution in [-0.4, -0.2) is 12.5 Å². The Morgan fingerprint density at radius 2 is 2.29 bits per heavy atom. The first-order valence-electron chi connectivity index (χ1n) is 4.38. The summed E-state index contributed by atoms with van der Waals surface area (Å²) in [6.45, 7) is 0.747. The first-order chi connectivity index (χ1) is 6.66. The highest BCUT2D eigenvalue weighted by molar-refractivity contribution is 14.1. The molecule has 0 aliphatic carbocycles. The van der Waals surface area contributed by atoms with Crippen LogP contribution in [0.2, 0.25) is 5.02 Å². The fourth-order valence-corrected chi connectivity index (χ4v) is 2.26. The second-order valence-electron chi connectivity index (χ2n) is 3.38. The molecule has 0 unspecified atom stereocenters. The van der Waals surface area contributed by atoms with Gasteiger partial charge in [-0.1, -0.05) is 17.7 Å². The lowest BCUT2D eigenvalue weighted by Gasteiger charge is -2.08. The number of carbonyl (C=O) groups is 1. The first-order valence-corrected chi connectivity index (χ1v) is 5.84. The third-order valence-corrected chi connectivity index (χ3v) is 3.93. The van der Waals surface area contributed by atoms with Crippen molar-refractivity contribution in [1.29, 1.82) is 0 Å². The summed E-state index contributed by atoms with van der Waals surface area (Å²) in [5.41, 5.74) is 1.19. The van der Waals surface area contributed by atoms with E-state index in [2.05, 4.69) is 27.9 Å². The Hall–Kier alpha value is -0.290. The number of benzene rings is 1. The summed E-state index contributed by atoms with van der Waals surface area (Å²) in [6.07, 6.45) is 0.595. The van der Waals surface area contributed by atoms with Gasteiger partial charge in [-0.15, -0.1) is 0 Å². The Morgan fingerprint density at radius 1 is 1.50 bits per heavy atom. The van der Waals surface area contributed by atoms with Gasteiger partial charge >= 0.3 is 0 Å². The summed E-state index contributed by atoms with van der Waals surface area (Å²) >= 11 is 8.13. The number of halogens is 2. The second-order valence-corrected chi connectivity index (χ2v) is 4.95. The Balaban J connectivity index is 2.24. The molecule has 1 fully saturated rings. The number of amides is 1. The largest absolute Gasteiger partial charge is 0.355 e. The molecular formula is C10H9ClINO. The van der Waals surface area contributed by atoms with E-state index in [0.29, 0.717) is 12.3 Å². The molecule has 1 amide bonds. The summed E-state index contributed by atoms with van der Waals surface area (Å²) in [4.78, 5) is 11.0. The summed E-state index contributed by atoms with van der Waals surface area (Å²) in [5, 5.41) is 3.60. The normalized spacial score (nSPS) is 21.0. The van der Waals surface area contributed by atoms with Crippen molar-refractivity contribution in [2.24, 2.45) is 0 Å². The molecule has 0 radical (unpaired) electrons. The summed E-state index contributed by atoms with van der Waals surface area (Å²) in [7, 11) is 0. The number of carbonyl (C=O) groups excluding carboxylic acids is 1. The van der Waals surface area contributed by atoms with Crippen LogP contribution < -0.4 is 5.32 Å². The molecule has 1 aromatic rings. The van der Waals surface area contributed by atoms with E-state index in [1.807, 2.05) is 18.2 Å². The van der Waals surface area contributed by atoms with Gasteiger partial charge in [0.05, 0.1) is 5.02 Å². The van der Waals surface area contributed by atoms with Gasteiger partial charge < -0.3 is 5.32 Å². The van der Waals surface area contributed by atoms with E-state index < -0.39 is 0 Å². The highest BCUT2D eigenvalue weighted by Crippen LogP contribution is 2.27. The summed E-state index contributed by atoms with van der Waals surface area (Å²) in [6, 6.07) is 5.94. The zero-order chi connectivity index (χ0) is 10.1. The second kappa shape index (κ2) is 4.06. The van der Waals surface area contributed by atoms with Crippen LogP contribution >= 0.6 is 34.2 Å². The Labute approximate surface area is 101 Å². The molecule has 1 saturated heterocycles. The van der Waals surface area contributed by atoms with Crippen molar-refractivity contribution < 1.29 is 4.79 Å². The molecule has 1 heterocycles. The minimum absolute atomic E-state index is 0.139. The molecule has 0 saturated carbocycles. The van der Waals surface area contributed by atoms with E-state index in [-0.39, 0.29) is 5.91 Å². The number of nitrogens with one attached hydrogen (secondary N) is 1. The van der Waals surface area contributed by atoms with Crippen LogP contribution in [0.15, 0.2) is 18.2 Å². The van der Waals surface area contributed by atoms with E-state index in [0.717, 1.165) is 15.1 Å². The number of hydrogen-bond acceptors (Lipinski definition) is 1. The van der Waals surface area contributed by atoms with Crippen LogP contribution in [0.4, 0.5) is 0 Å². The highest BCUT2D eigenvalue weighted by atomic mass is 127. The lowest BCUT2D eigenvalue weighted by molar-refractivity contribution is -0.119. The van der Waals surface area contributed by atoms with Crippen LogP contribution in [-0.2, 0) is 4.79 Å². The standard InChI is InChI=1S/C10H9ClINO/c11-8-2-1-6(3-9(8)12)7-4-10(14)13-5-7/h1-3,7H,4-5H2,(H,13,14)/t7-/m0/s1. The third kappa shape index (κ3) is 2.03. The summed E-state index contributed by atoms with van der Waals surface area (Å²) < 4.78 is 1.04. The smallest absolute Gasteiger partial charge is 0.220 e. The van der Waals surface area contributed by atoms with Crippen molar-refractivity contribution in [2.75, 3.05) is 6.54 Å². The van der Waals surface area contributed by atoms with Gasteiger partial charge in [0.15, 0.2) is 0 Å². The zero-order valence-electron chi connectivity index (χ0n) is 7.39. The third-order valence-electron chi connectivity index (χ3n) is 2.39. The van der Waals surface area contributed by atoms with Crippen LogP contribution in [0, 0.1) is 3.57 Å². The molecule has 4 heteroatoms. The fourth-order valence-electron chi connectivity index (χ4n) is 1.61. The predicted molar refractivity (Wildman–Crippen MR) is 64.5 cm³/mol. The molecule has 2 rings (SSSR count). The average Bonchev–Trinajstić information content (AvgIpc) is 2.57. The van der Waals surface area contributed by atoms with Crippen LogP contribution in [0.3, 0.4) is 0 Å². The van der Waals surface area contributed by atoms with Gasteiger partial charge in [0.25, 0.3) is 0 Å². The van der Waals surface area contributed by atoms with E-state index in [1.165, 1.54) is 5.56 Å². The molecule has 1 aliphatic heterocycles. The van der Waals surface area contributed by atoms with Crippen LogP contribution in [0.5, 0.6) is 0 Å². The van der Waals surface area contributed by atoms with E-state index in [1.54, 1.807) is 0 Å². The van der Waals surface area contributed by atoms with E-state index in [4.69, 9.17) is 11.6 Å². The molecule has 74 valence electrons. The Kier molecular flexibility index (Phi) is 2.97. The topological polar surface area (TPSA) is 29.1 Å². The monoisotopic (exact) mass is 321 g/mol. The Bertz CT molecular complexity index is 380. The Morgan fingerprint density at radius 3 is 2.86 bits per heavy atom. The lowest BCUT2D eigenvalue weighted by Crippen LogP contribution is -2.13. The molecule has 0 spiro atoms. The van der Waals surface area contributed by atoms with Crippen molar-refractivity contribution in [3.63, 3.8) is 0 Å². The van der Waals surface area contributed by atoms with Gasteiger partial charge in [-0.25, -0.2) is 0 Å². The van der Waals surface area contributed by atoms with Crippen LogP contribution in [0.1, 0.15) is 17.9 Å². The maximum absolute atomic E-state index is 11.0. The van der Waals surface area contributed by atoms with Crippen molar-refractivity contribution in [1.82, 2.24) is 5.32 Å². The van der Waals surface area contributed by atoms with E-state index >= 15 is 0 Å². The van der Waals surface area contributed by atoms with Gasteiger partial charge in [-0.05, 0) is 40.3 Å². The average molecular weight is 322 g/mol. The molecule has 0 bridgehead atoms. The molecule has 1 aromatic carbocycles. The van der Waals surface area contributed by atoms with E-state index in [9.17, 15) is 4.79 Å². The minimum atomic E-state index is 0.139. The SMILES string of the molecule is O=C1C[C@H](c2ccc(Cl)c(I)c2)CN1. The first kappa shape index (κ1) is 10.2. The molecule has 1 N–H and O–H groups in total. The summed E-state index contributed by atoms with van der Waals surface area (Å²) in [5.74, 6) is 0.452. The van der Waals surface area contributed by atoms with Crippen molar-refractivity contribution >= 4 is 40.1 Å². The predicted octanol–water partition coefficient (Wildman–Crippen LogP) is 2.55. The van der Waals surface area contributed by atoms with Gasteiger partial charge in [0.1, 0.15) is 0 Å².